The molecule has 5 heteroatoms. The van der Waals surface area contributed by atoms with Crippen LogP contribution in [0.15, 0.2) is 18.3 Å². The minimum atomic E-state index is -0.309. The zero-order chi connectivity index (χ0) is 10.1. The van der Waals surface area contributed by atoms with E-state index in [9.17, 15) is 0 Å². The van der Waals surface area contributed by atoms with Crippen molar-refractivity contribution in [2.75, 3.05) is 0 Å². The fourth-order valence-corrected chi connectivity index (χ4v) is 1.58. The van der Waals surface area contributed by atoms with Crippen molar-refractivity contribution in [1.29, 1.82) is 0 Å². The van der Waals surface area contributed by atoms with E-state index in [1.54, 1.807) is 6.20 Å². The topological polar surface area (TPSA) is 47.3 Å². The maximum atomic E-state index is 8.69. The highest BCUT2D eigenvalue weighted by Crippen LogP contribution is 2.25. The maximum Gasteiger partial charge on any atom is 0.505 e. The van der Waals surface area contributed by atoms with Crippen LogP contribution in [0.2, 0.25) is 0 Å². The Hall–Kier alpha value is -1.49. The third kappa shape index (κ3) is 1.26. The number of hydrogen-bond acceptors (Lipinski definition) is 3. The molecule has 14 heavy (non-hydrogen) atoms. The molecular formula is C9H11BN2O2. The van der Waals surface area contributed by atoms with Crippen molar-refractivity contribution in [2.24, 2.45) is 7.05 Å². The predicted molar refractivity (Wildman–Crippen MR) is 55.4 cm³/mol. The van der Waals surface area contributed by atoms with Crippen LogP contribution in [-0.4, -0.2) is 22.3 Å². The van der Waals surface area contributed by atoms with Gasteiger partial charge in [0, 0.05) is 30.4 Å². The zero-order valence-electron chi connectivity index (χ0n) is 8.19. The quantitative estimate of drug-likeness (QED) is 0.702. The van der Waals surface area contributed by atoms with Gasteiger partial charge in [-0.25, -0.2) is 0 Å². The summed E-state index contributed by atoms with van der Waals surface area (Å²) in [5, 5.41) is 9.74. The van der Waals surface area contributed by atoms with Crippen LogP contribution in [0, 0.1) is 6.92 Å². The fraction of sp³-hybridized carbons (Fsp3) is 0.222. The lowest BCUT2D eigenvalue weighted by Crippen LogP contribution is -2.03. The molecule has 0 spiro atoms. The lowest BCUT2D eigenvalue weighted by atomic mass is 10.2. The highest BCUT2D eigenvalue weighted by molar-refractivity contribution is 6.17. The third-order valence-electron chi connectivity index (χ3n) is 2.34. The van der Waals surface area contributed by atoms with Gasteiger partial charge in [-0.15, -0.1) is 0 Å². The number of hydrogen-bond donors (Lipinski definition) is 1. The van der Waals surface area contributed by atoms with Gasteiger partial charge in [-0.2, -0.15) is 0 Å². The van der Waals surface area contributed by atoms with Gasteiger partial charge in [0.2, 0.25) is 0 Å². The lowest BCUT2D eigenvalue weighted by molar-refractivity contribution is 0.433. The van der Waals surface area contributed by atoms with Crippen LogP contribution in [0.5, 0.6) is 5.88 Å². The summed E-state index contributed by atoms with van der Waals surface area (Å²) in [5.74, 6) is 0.651. The highest BCUT2D eigenvalue weighted by atomic mass is 16.5. The van der Waals surface area contributed by atoms with Crippen molar-refractivity contribution in [3.63, 3.8) is 0 Å². The number of nitrogens with zero attached hydrogens (tertiary/aromatic N) is 2. The molecule has 2 heterocycles. The summed E-state index contributed by atoms with van der Waals surface area (Å²) >= 11 is 0. The Morgan fingerprint density at radius 2 is 2.36 bits per heavy atom. The molecule has 0 aliphatic rings. The van der Waals surface area contributed by atoms with E-state index in [0.29, 0.717) is 5.88 Å². The van der Waals surface area contributed by atoms with Gasteiger partial charge in [-0.3, -0.25) is 4.98 Å². The second-order valence-corrected chi connectivity index (χ2v) is 3.14. The van der Waals surface area contributed by atoms with Gasteiger partial charge < -0.3 is 14.2 Å². The minimum Gasteiger partial charge on any atom is -0.526 e. The summed E-state index contributed by atoms with van der Waals surface area (Å²) in [6, 6.07) is 3.81. The molecule has 0 bridgehead atoms. The molecule has 0 saturated carbocycles. The van der Waals surface area contributed by atoms with Gasteiger partial charge in [0.25, 0.3) is 0 Å². The lowest BCUT2D eigenvalue weighted by Gasteiger charge is -2.02. The molecule has 1 N–H and O–H groups in total. The van der Waals surface area contributed by atoms with E-state index >= 15 is 0 Å². The molecular weight excluding hydrogens is 179 g/mol. The van der Waals surface area contributed by atoms with E-state index in [2.05, 4.69) is 4.98 Å². The number of pyridine rings is 1. The number of aromatic nitrogens is 2. The smallest absolute Gasteiger partial charge is 0.505 e. The second-order valence-electron chi connectivity index (χ2n) is 3.14. The molecule has 0 amide bonds. The molecule has 0 radical (unpaired) electrons. The Labute approximate surface area is 82.4 Å². The summed E-state index contributed by atoms with van der Waals surface area (Å²) in [6.45, 7) is 1.95. The average Bonchev–Trinajstić information content (AvgIpc) is 2.48. The van der Waals surface area contributed by atoms with Gasteiger partial charge in [0.15, 0.2) is 5.88 Å². The first kappa shape index (κ1) is 9.08. The van der Waals surface area contributed by atoms with Gasteiger partial charge in [-0.05, 0) is 13.0 Å². The number of rotatable bonds is 2. The van der Waals surface area contributed by atoms with Crippen LogP contribution in [0.25, 0.3) is 10.9 Å². The van der Waals surface area contributed by atoms with Crippen molar-refractivity contribution in [2.45, 2.75) is 6.92 Å². The second kappa shape index (κ2) is 3.34. The average molecular weight is 190 g/mol. The summed E-state index contributed by atoms with van der Waals surface area (Å²) in [6.07, 6.45) is 1.76. The summed E-state index contributed by atoms with van der Waals surface area (Å²) in [7, 11) is 1.59. The summed E-state index contributed by atoms with van der Waals surface area (Å²) < 4.78 is 6.96. The van der Waals surface area contributed by atoms with E-state index in [-0.39, 0.29) is 7.69 Å². The molecule has 72 valence electrons. The Bertz CT molecular complexity index is 467. The molecule has 0 aliphatic heterocycles. The Morgan fingerprint density at radius 1 is 1.57 bits per heavy atom. The van der Waals surface area contributed by atoms with E-state index in [0.717, 1.165) is 16.6 Å². The van der Waals surface area contributed by atoms with E-state index < -0.39 is 0 Å². The number of aryl methyl sites for hydroxylation is 2. The van der Waals surface area contributed by atoms with E-state index in [4.69, 9.17) is 9.68 Å². The van der Waals surface area contributed by atoms with Crippen LogP contribution in [-0.2, 0) is 7.05 Å². The minimum absolute atomic E-state index is 0.309. The van der Waals surface area contributed by atoms with Crippen LogP contribution in [0.1, 0.15) is 5.69 Å². The predicted octanol–water partition coefficient (Wildman–Crippen LogP) is 0.519. The Kier molecular flexibility index (Phi) is 2.17. The Balaban J connectivity index is 2.67. The molecule has 0 aliphatic carbocycles. The van der Waals surface area contributed by atoms with Crippen LogP contribution >= 0.6 is 0 Å². The van der Waals surface area contributed by atoms with Gasteiger partial charge >= 0.3 is 7.69 Å². The van der Waals surface area contributed by atoms with Crippen LogP contribution < -0.4 is 4.65 Å². The largest absolute Gasteiger partial charge is 0.526 e. The maximum absolute atomic E-state index is 8.69. The number of fused-ring (bicyclic) bond motifs is 1. The molecule has 2 rings (SSSR count). The van der Waals surface area contributed by atoms with Gasteiger partial charge in [0.05, 0.1) is 5.52 Å². The molecule has 4 nitrogen and oxygen atoms in total. The molecule has 0 fully saturated rings. The van der Waals surface area contributed by atoms with Crippen LogP contribution in [0.4, 0.5) is 0 Å². The molecule has 0 saturated heterocycles. The monoisotopic (exact) mass is 190 g/mol. The molecule has 2 aromatic rings. The summed E-state index contributed by atoms with van der Waals surface area (Å²) in [5.41, 5.74) is 2.02. The normalized spacial score (nSPS) is 10.5. The van der Waals surface area contributed by atoms with Crippen molar-refractivity contribution in [1.82, 2.24) is 9.55 Å². The first-order chi connectivity index (χ1) is 6.74. The molecule has 0 unspecified atom stereocenters. The third-order valence-corrected chi connectivity index (χ3v) is 2.34. The summed E-state index contributed by atoms with van der Waals surface area (Å²) in [4.78, 5) is 4.19. The van der Waals surface area contributed by atoms with Gasteiger partial charge in [0.1, 0.15) is 0 Å². The van der Waals surface area contributed by atoms with Crippen molar-refractivity contribution in [3.05, 3.63) is 24.0 Å². The van der Waals surface area contributed by atoms with Crippen molar-refractivity contribution >= 4 is 18.6 Å². The van der Waals surface area contributed by atoms with Crippen molar-refractivity contribution in [3.8, 4) is 5.88 Å². The highest BCUT2D eigenvalue weighted by Gasteiger charge is 2.08. The van der Waals surface area contributed by atoms with E-state index in [1.807, 2.05) is 30.7 Å². The fourth-order valence-electron chi connectivity index (χ4n) is 1.58. The zero-order valence-corrected chi connectivity index (χ0v) is 8.19. The molecule has 0 atom stereocenters. The standard InChI is InChI=1S/C9H11BN2O2/c1-6-7-5-9(14-10-13)12(2)8(7)3-4-11-6/h3-5,10,13H,1-2H3. The van der Waals surface area contributed by atoms with Gasteiger partial charge in [-0.1, -0.05) is 0 Å². The molecule has 2 aromatic heterocycles. The van der Waals surface area contributed by atoms with E-state index in [1.165, 1.54) is 0 Å². The van der Waals surface area contributed by atoms with Crippen LogP contribution in [0.3, 0.4) is 0 Å². The first-order valence-corrected chi connectivity index (χ1v) is 4.38. The first-order valence-electron chi connectivity index (χ1n) is 4.38. The Morgan fingerprint density at radius 3 is 3.00 bits per heavy atom. The SMILES string of the molecule is Cc1nccc2c1cc(OBO)n2C. The molecule has 0 aromatic carbocycles. The van der Waals surface area contributed by atoms with Crippen molar-refractivity contribution < 1.29 is 9.68 Å².